The first-order valence-electron chi connectivity index (χ1n) is 5.07. The molecule has 1 aliphatic heterocycles. The van der Waals surface area contributed by atoms with E-state index in [1.807, 2.05) is 0 Å². The number of rotatable bonds is 2. The van der Waals surface area contributed by atoms with Crippen LogP contribution in [0.25, 0.3) is 0 Å². The van der Waals surface area contributed by atoms with E-state index in [1.165, 1.54) is 0 Å². The van der Waals surface area contributed by atoms with Gasteiger partial charge in [-0.3, -0.25) is 4.18 Å². The Kier molecular flexibility index (Phi) is 3.47. The van der Waals surface area contributed by atoms with E-state index >= 15 is 0 Å². The van der Waals surface area contributed by atoms with Gasteiger partial charge in [-0.25, -0.2) is 4.79 Å². The van der Waals surface area contributed by atoms with E-state index in [-0.39, 0.29) is 13.0 Å². The highest BCUT2D eigenvalue weighted by atomic mass is 35.5. The molecule has 1 atom stereocenters. The molecule has 0 radical (unpaired) electrons. The number of benzene rings is 1. The lowest BCUT2D eigenvalue weighted by Gasteiger charge is -2.17. The number of carboxylic acid groups (broad SMARTS) is 1. The predicted molar refractivity (Wildman–Crippen MR) is 63.7 cm³/mol. The molecular formula is C10H10ClNO5S. The van der Waals surface area contributed by atoms with Crippen LogP contribution in [-0.2, 0) is 20.9 Å². The highest BCUT2D eigenvalue weighted by molar-refractivity contribution is 7.85. The van der Waals surface area contributed by atoms with Crippen molar-refractivity contribution in [1.82, 2.24) is 4.31 Å². The van der Waals surface area contributed by atoms with Gasteiger partial charge in [0.1, 0.15) is 0 Å². The molecule has 0 aromatic heterocycles. The summed E-state index contributed by atoms with van der Waals surface area (Å²) < 4.78 is 27.6. The van der Waals surface area contributed by atoms with Crippen LogP contribution >= 0.6 is 11.6 Å². The molecule has 1 fully saturated rings. The zero-order chi connectivity index (χ0) is 13.3. The van der Waals surface area contributed by atoms with Crippen LogP contribution in [0.2, 0.25) is 5.02 Å². The van der Waals surface area contributed by atoms with E-state index in [0.29, 0.717) is 14.9 Å². The lowest BCUT2D eigenvalue weighted by molar-refractivity contribution is 0.164. The van der Waals surface area contributed by atoms with Gasteiger partial charge in [0.2, 0.25) is 0 Å². The standard InChI is InChI=1S/C10H10ClNO5S/c11-9-4-2-1-3-7(9)5-8-6-17-18(15,16)12(8)10(13)14/h1-4,8H,5-6H2,(H,13,14). The van der Waals surface area contributed by atoms with Crippen LogP contribution in [0.15, 0.2) is 24.3 Å². The van der Waals surface area contributed by atoms with Crippen molar-refractivity contribution in [3.63, 3.8) is 0 Å². The van der Waals surface area contributed by atoms with Gasteiger partial charge < -0.3 is 5.11 Å². The number of halogens is 1. The molecule has 0 bridgehead atoms. The molecule has 1 aliphatic rings. The molecule has 0 saturated carbocycles. The lowest BCUT2D eigenvalue weighted by atomic mass is 10.1. The lowest BCUT2D eigenvalue weighted by Crippen LogP contribution is -2.39. The molecule has 0 aliphatic carbocycles. The van der Waals surface area contributed by atoms with Crippen LogP contribution in [0, 0.1) is 0 Å². The first-order chi connectivity index (χ1) is 8.42. The van der Waals surface area contributed by atoms with E-state index in [4.69, 9.17) is 16.7 Å². The minimum Gasteiger partial charge on any atom is -0.464 e. The molecule has 2 rings (SSSR count). The maximum absolute atomic E-state index is 11.4. The summed E-state index contributed by atoms with van der Waals surface area (Å²) in [6.07, 6.45) is -1.37. The van der Waals surface area contributed by atoms with Gasteiger partial charge in [0.25, 0.3) is 0 Å². The van der Waals surface area contributed by atoms with Gasteiger partial charge in [0.15, 0.2) is 0 Å². The zero-order valence-corrected chi connectivity index (χ0v) is 10.7. The van der Waals surface area contributed by atoms with E-state index < -0.39 is 22.4 Å². The molecule has 1 aromatic carbocycles. The first kappa shape index (κ1) is 13.1. The molecule has 8 heteroatoms. The third kappa shape index (κ3) is 2.43. The smallest absolute Gasteiger partial charge is 0.423 e. The summed E-state index contributed by atoms with van der Waals surface area (Å²) in [4.78, 5) is 10.9. The average Bonchev–Trinajstić information content (AvgIpc) is 2.57. The third-order valence-corrected chi connectivity index (χ3v) is 4.32. The Labute approximate surface area is 109 Å². The number of nitrogens with zero attached hydrogens (tertiary/aromatic N) is 1. The van der Waals surface area contributed by atoms with E-state index in [9.17, 15) is 13.2 Å². The van der Waals surface area contributed by atoms with Crippen molar-refractivity contribution in [3.8, 4) is 0 Å². The third-order valence-electron chi connectivity index (χ3n) is 2.58. The van der Waals surface area contributed by atoms with Gasteiger partial charge in [0, 0.05) is 5.02 Å². The molecule has 1 heterocycles. The summed E-state index contributed by atoms with van der Waals surface area (Å²) in [6.45, 7) is -0.195. The molecule has 0 spiro atoms. The summed E-state index contributed by atoms with van der Waals surface area (Å²) in [5.74, 6) is 0. The quantitative estimate of drug-likeness (QED) is 0.893. The van der Waals surface area contributed by atoms with Crippen molar-refractivity contribution >= 4 is 28.0 Å². The van der Waals surface area contributed by atoms with Gasteiger partial charge in [-0.1, -0.05) is 29.8 Å². The Morgan fingerprint density at radius 2 is 2.17 bits per heavy atom. The maximum atomic E-state index is 11.4. The molecule has 1 aromatic rings. The minimum absolute atomic E-state index is 0.186. The highest BCUT2D eigenvalue weighted by Gasteiger charge is 2.42. The number of hydrogen-bond donors (Lipinski definition) is 1. The van der Waals surface area contributed by atoms with Crippen LogP contribution in [0.1, 0.15) is 5.56 Å². The van der Waals surface area contributed by atoms with Gasteiger partial charge in [-0.2, -0.15) is 12.7 Å². The summed E-state index contributed by atoms with van der Waals surface area (Å²) in [5.41, 5.74) is 0.677. The van der Waals surface area contributed by atoms with E-state index in [2.05, 4.69) is 4.18 Å². The highest BCUT2D eigenvalue weighted by Crippen LogP contribution is 2.25. The SMILES string of the molecule is O=C(O)N1C(Cc2ccccc2Cl)COS1(=O)=O. The fraction of sp³-hybridized carbons (Fsp3) is 0.300. The van der Waals surface area contributed by atoms with Crippen molar-refractivity contribution < 1.29 is 22.5 Å². The van der Waals surface area contributed by atoms with Gasteiger partial charge >= 0.3 is 16.4 Å². The number of hydrogen-bond acceptors (Lipinski definition) is 4. The Morgan fingerprint density at radius 1 is 1.50 bits per heavy atom. The fourth-order valence-corrected chi connectivity index (χ4v) is 3.13. The van der Waals surface area contributed by atoms with Crippen LogP contribution in [-0.4, -0.2) is 36.6 Å². The van der Waals surface area contributed by atoms with Crippen LogP contribution in [0.4, 0.5) is 4.79 Å². The summed E-state index contributed by atoms with van der Waals surface area (Å²) in [6, 6.07) is 6.08. The van der Waals surface area contributed by atoms with Gasteiger partial charge in [-0.05, 0) is 18.1 Å². The molecule has 1 unspecified atom stereocenters. The zero-order valence-electron chi connectivity index (χ0n) is 9.11. The second-order valence-electron chi connectivity index (χ2n) is 3.77. The second kappa shape index (κ2) is 4.75. The Bertz CT molecular complexity index is 573. The molecule has 1 amide bonds. The van der Waals surface area contributed by atoms with Gasteiger partial charge in [-0.15, -0.1) is 0 Å². The predicted octanol–water partition coefficient (Wildman–Crippen LogP) is 1.51. The average molecular weight is 292 g/mol. The Hall–Kier alpha value is -1.31. The summed E-state index contributed by atoms with van der Waals surface area (Å²) in [5, 5.41) is 9.37. The number of amides is 1. The maximum Gasteiger partial charge on any atom is 0.423 e. The largest absolute Gasteiger partial charge is 0.464 e. The molecule has 6 nitrogen and oxygen atoms in total. The Morgan fingerprint density at radius 3 is 2.78 bits per heavy atom. The minimum atomic E-state index is -4.18. The molecular weight excluding hydrogens is 282 g/mol. The first-order valence-corrected chi connectivity index (χ1v) is 6.81. The van der Waals surface area contributed by atoms with E-state index in [0.717, 1.165) is 0 Å². The normalized spacial score (nSPS) is 22.1. The molecule has 1 N–H and O–H groups in total. The summed E-state index contributed by atoms with van der Waals surface area (Å²) in [7, 11) is -4.18. The van der Waals surface area contributed by atoms with Crippen molar-refractivity contribution in [3.05, 3.63) is 34.9 Å². The van der Waals surface area contributed by atoms with Gasteiger partial charge in [0.05, 0.1) is 12.6 Å². The van der Waals surface area contributed by atoms with Crippen LogP contribution in [0.5, 0.6) is 0 Å². The molecule has 98 valence electrons. The monoisotopic (exact) mass is 291 g/mol. The molecule has 1 saturated heterocycles. The van der Waals surface area contributed by atoms with E-state index in [1.54, 1.807) is 24.3 Å². The van der Waals surface area contributed by atoms with Crippen LogP contribution in [0.3, 0.4) is 0 Å². The summed E-state index contributed by atoms with van der Waals surface area (Å²) >= 11 is 5.94. The second-order valence-corrected chi connectivity index (χ2v) is 5.66. The van der Waals surface area contributed by atoms with Crippen molar-refractivity contribution in [2.24, 2.45) is 0 Å². The van der Waals surface area contributed by atoms with Crippen LogP contribution < -0.4 is 0 Å². The molecule has 18 heavy (non-hydrogen) atoms. The fourth-order valence-electron chi connectivity index (χ4n) is 1.78. The topological polar surface area (TPSA) is 83.9 Å². The number of carbonyl (C=O) groups is 1. The van der Waals surface area contributed by atoms with Crippen molar-refractivity contribution in [2.75, 3.05) is 6.61 Å². The van der Waals surface area contributed by atoms with Crippen molar-refractivity contribution in [1.29, 1.82) is 0 Å². The van der Waals surface area contributed by atoms with Crippen molar-refractivity contribution in [2.45, 2.75) is 12.5 Å². The Balaban J connectivity index is 2.25.